The molecule has 0 spiro atoms. The van der Waals surface area contributed by atoms with E-state index in [1.54, 1.807) is 7.11 Å². The fourth-order valence-corrected chi connectivity index (χ4v) is 3.28. The lowest BCUT2D eigenvalue weighted by molar-refractivity contribution is -0.115. The van der Waals surface area contributed by atoms with E-state index in [4.69, 9.17) is 9.26 Å². The van der Waals surface area contributed by atoms with Gasteiger partial charge in [0.1, 0.15) is 5.75 Å². The minimum Gasteiger partial charge on any atom is -0.497 e. The van der Waals surface area contributed by atoms with Gasteiger partial charge in [-0.05, 0) is 30.7 Å². The Bertz CT molecular complexity index is 885. The largest absolute Gasteiger partial charge is 0.497 e. The Balaban J connectivity index is 1.71. The van der Waals surface area contributed by atoms with E-state index in [9.17, 15) is 4.79 Å². The second kappa shape index (κ2) is 7.48. The third kappa shape index (κ3) is 4.06. The molecule has 2 aromatic heterocycles. The van der Waals surface area contributed by atoms with Crippen molar-refractivity contribution in [2.45, 2.75) is 26.7 Å². The number of hydrogen-bond donors (Lipinski definition) is 1. The van der Waals surface area contributed by atoms with Gasteiger partial charge in [0.15, 0.2) is 0 Å². The predicted molar refractivity (Wildman–Crippen MR) is 97.1 cm³/mol. The van der Waals surface area contributed by atoms with Crippen LogP contribution in [-0.4, -0.2) is 23.2 Å². The van der Waals surface area contributed by atoms with E-state index in [1.165, 1.54) is 11.3 Å². The Morgan fingerprint density at radius 1 is 1.36 bits per heavy atom. The van der Waals surface area contributed by atoms with Gasteiger partial charge < -0.3 is 14.6 Å². The monoisotopic (exact) mass is 357 g/mol. The van der Waals surface area contributed by atoms with Gasteiger partial charge in [-0.3, -0.25) is 4.79 Å². The second-order valence-electron chi connectivity index (χ2n) is 5.52. The number of benzene rings is 1. The topological polar surface area (TPSA) is 77.2 Å². The molecule has 0 aliphatic heterocycles. The van der Waals surface area contributed by atoms with Gasteiger partial charge in [0.25, 0.3) is 0 Å². The van der Waals surface area contributed by atoms with Crippen molar-refractivity contribution in [3.05, 3.63) is 46.7 Å². The Kier molecular flexibility index (Phi) is 5.14. The number of methoxy groups -OCH3 is 1. The Morgan fingerprint density at radius 3 is 2.92 bits per heavy atom. The summed E-state index contributed by atoms with van der Waals surface area (Å²) < 4.78 is 10.3. The highest BCUT2D eigenvalue weighted by Gasteiger charge is 2.14. The maximum atomic E-state index is 12.3. The van der Waals surface area contributed by atoms with Crippen LogP contribution >= 0.6 is 11.3 Å². The number of nitrogens with one attached hydrogen (secondary N) is 1. The van der Waals surface area contributed by atoms with Crippen molar-refractivity contribution in [2.24, 2.45) is 0 Å². The third-order valence-corrected chi connectivity index (χ3v) is 4.73. The average molecular weight is 357 g/mol. The highest BCUT2D eigenvalue weighted by atomic mass is 32.1. The molecule has 0 bridgehead atoms. The van der Waals surface area contributed by atoms with Crippen LogP contribution in [0.5, 0.6) is 5.75 Å². The Morgan fingerprint density at radius 2 is 2.20 bits per heavy atom. The second-order valence-corrected chi connectivity index (χ2v) is 6.78. The first-order chi connectivity index (χ1) is 12.1. The average Bonchev–Trinajstić information content (AvgIpc) is 3.22. The van der Waals surface area contributed by atoms with Gasteiger partial charge in [-0.1, -0.05) is 24.2 Å². The zero-order chi connectivity index (χ0) is 17.8. The summed E-state index contributed by atoms with van der Waals surface area (Å²) in [5.74, 6) is 1.81. The minimum absolute atomic E-state index is 0.0805. The molecule has 0 unspecified atom stereocenters. The van der Waals surface area contributed by atoms with Crippen molar-refractivity contribution < 1.29 is 14.1 Å². The number of carbonyl (C=O) groups is 1. The molecule has 6 nitrogen and oxygen atoms in total. The van der Waals surface area contributed by atoms with Crippen LogP contribution in [0.15, 0.2) is 34.9 Å². The summed E-state index contributed by atoms with van der Waals surface area (Å²) in [6.45, 7) is 3.91. The zero-order valence-corrected chi connectivity index (χ0v) is 15.1. The van der Waals surface area contributed by atoms with Gasteiger partial charge in [0.05, 0.1) is 24.1 Å². The molecular weight excluding hydrogens is 338 g/mol. The van der Waals surface area contributed by atoms with E-state index in [0.717, 1.165) is 26.8 Å². The molecule has 0 aliphatic carbocycles. The van der Waals surface area contributed by atoms with E-state index < -0.39 is 0 Å². The molecule has 130 valence electrons. The molecule has 3 aromatic rings. The van der Waals surface area contributed by atoms with Gasteiger partial charge in [-0.15, -0.1) is 11.3 Å². The molecule has 0 saturated heterocycles. The summed E-state index contributed by atoms with van der Waals surface area (Å²) in [7, 11) is 1.61. The highest BCUT2D eigenvalue weighted by Crippen LogP contribution is 2.32. The number of aromatic nitrogens is 2. The van der Waals surface area contributed by atoms with E-state index in [0.29, 0.717) is 18.1 Å². The number of aryl methyl sites for hydroxylation is 2. The van der Waals surface area contributed by atoms with Crippen LogP contribution < -0.4 is 10.1 Å². The third-order valence-electron chi connectivity index (χ3n) is 3.68. The summed E-state index contributed by atoms with van der Waals surface area (Å²) in [4.78, 5) is 18.5. The fourth-order valence-electron chi connectivity index (χ4n) is 2.38. The quantitative estimate of drug-likeness (QED) is 0.725. The van der Waals surface area contributed by atoms with Crippen molar-refractivity contribution in [2.75, 3.05) is 12.4 Å². The van der Waals surface area contributed by atoms with Crippen molar-refractivity contribution in [1.29, 1.82) is 0 Å². The normalized spacial score (nSPS) is 10.7. The van der Waals surface area contributed by atoms with Gasteiger partial charge in [0, 0.05) is 11.3 Å². The lowest BCUT2D eigenvalue weighted by atomic mass is 10.1. The molecule has 0 atom stereocenters. The van der Waals surface area contributed by atoms with Gasteiger partial charge >= 0.3 is 0 Å². The number of carbonyl (C=O) groups excluding carboxylic acids is 1. The fraction of sp³-hybridized carbons (Fsp3) is 0.278. The van der Waals surface area contributed by atoms with Crippen molar-refractivity contribution in [1.82, 2.24) is 10.1 Å². The summed E-state index contributed by atoms with van der Waals surface area (Å²) in [5, 5.41) is 6.93. The maximum Gasteiger partial charge on any atom is 0.228 e. The first-order valence-corrected chi connectivity index (χ1v) is 8.77. The summed E-state index contributed by atoms with van der Waals surface area (Å²) in [6.07, 6.45) is 0.978. The van der Waals surface area contributed by atoms with Crippen molar-refractivity contribution in [3.63, 3.8) is 0 Å². The van der Waals surface area contributed by atoms with Crippen LogP contribution in [0.25, 0.3) is 10.7 Å². The minimum atomic E-state index is -0.0805. The molecule has 3 rings (SSSR count). The van der Waals surface area contributed by atoms with Gasteiger partial charge in [-0.2, -0.15) is 4.98 Å². The number of ether oxygens (including phenoxy) is 1. The van der Waals surface area contributed by atoms with Crippen LogP contribution in [0.4, 0.5) is 5.69 Å². The zero-order valence-electron chi connectivity index (χ0n) is 14.3. The predicted octanol–water partition coefficient (Wildman–Crippen LogP) is 3.86. The molecule has 25 heavy (non-hydrogen) atoms. The van der Waals surface area contributed by atoms with Gasteiger partial charge in [-0.25, -0.2) is 0 Å². The Hall–Kier alpha value is -2.67. The lowest BCUT2D eigenvalue weighted by Crippen LogP contribution is -2.14. The number of amides is 1. The highest BCUT2D eigenvalue weighted by molar-refractivity contribution is 7.16. The number of rotatable bonds is 6. The molecule has 1 amide bonds. The van der Waals surface area contributed by atoms with Crippen molar-refractivity contribution in [3.8, 4) is 16.5 Å². The van der Waals surface area contributed by atoms with Crippen LogP contribution in [0.2, 0.25) is 0 Å². The molecule has 0 aliphatic rings. The molecular formula is C18H19N3O3S. The molecule has 1 N–H and O–H groups in total. The molecule has 1 aromatic carbocycles. The van der Waals surface area contributed by atoms with Crippen LogP contribution in [-0.2, 0) is 17.6 Å². The number of anilines is 1. The first kappa shape index (κ1) is 17.2. The van der Waals surface area contributed by atoms with E-state index in [-0.39, 0.29) is 12.3 Å². The van der Waals surface area contributed by atoms with Crippen molar-refractivity contribution >= 4 is 22.9 Å². The summed E-state index contributed by atoms with van der Waals surface area (Å²) in [6, 6.07) is 9.37. The number of hydrogen-bond acceptors (Lipinski definition) is 6. The summed E-state index contributed by atoms with van der Waals surface area (Å²) in [5.41, 5.74) is 1.67. The summed E-state index contributed by atoms with van der Waals surface area (Å²) >= 11 is 1.53. The molecule has 0 fully saturated rings. The molecule has 0 radical (unpaired) electrons. The van der Waals surface area contributed by atoms with Crippen LogP contribution in [0.3, 0.4) is 0 Å². The first-order valence-electron chi connectivity index (χ1n) is 7.95. The van der Waals surface area contributed by atoms with E-state index in [2.05, 4.69) is 15.5 Å². The van der Waals surface area contributed by atoms with E-state index in [1.807, 2.05) is 44.2 Å². The van der Waals surface area contributed by atoms with Gasteiger partial charge in [0.2, 0.25) is 17.6 Å². The number of nitrogens with zero attached hydrogens (tertiary/aromatic N) is 2. The van der Waals surface area contributed by atoms with Crippen LogP contribution in [0.1, 0.15) is 23.3 Å². The SMILES string of the molecule is CCc1nc(-c2cc(NC(=O)Cc3cccc(OC)c3)c(C)s2)no1. The molecule has 2 heterocycles. The van der Waals surface area contributed by atoms with Crippen LogP contribution in [0, 0.1) is 6.92 Å². The Labute approximate surface area is 149 Å². The van der Waals surface area contributed by atoms with E-state index >= 15 is 0 Å². The standard InChI is InChI=1S/C18H19N3O3S/c1-4-17-20-18(21-24-17)15-10-14(11(2)25-15)19-16(22)9-12-6-5-7-13(8-12)23-3/h5-8,10H,4,9H2,1-3H3,(H,19,22). The molecule has 0 saturated carbocycles. The molecule has 7 heteroatoms. The lowest BCUT2D eigenvalue weighted by Gasteiger charge is -2.06. The smallest absolute Gasteiger partial charge is 0.228 e. The maximum absolute atomic E-state index is 12.3. The number of thiophene rings is 1.